The Balaban J connectivity index is 3.12. The van der Waals surface area contributed by atoms with Crippen molar-refractivity contribution in [2.75, 3.05) is 11.9 Å². The number of nitrogens with zero attached hydrogens (tertiary/aromatic N) is 1. The van der Waals surface area contributed by atoms with Crippen LogP contribution in [0, 0.1) is 5.82 Å². The quantitative estimate of drug-likeness (QED) is 0.837. The summed E-state index contributed by atoms with van der Waals surface area (Å²) >= 11 is 4.82. The van der Waals surface area contributed by atoms with Crippen LogP contribution in [-0.4, -0.2) is 17.6 Å². The lowest BCUT2D eigenvalue weighted by Gasteiger charge is -2.37. The summed E-state index contributed by atoms with van der Waals surface area (Å²) in [6, 6.07) is 4.87. The molecule has 4 heteroatoms. The minimum absolute atomic E-state index is 0.0917. The first-order valence-electron chi connectivity index (χ1n) is 5.62. The average molecular weight is 254 g/mol. The van der Waals surface area contributed by atoms with Gasteiger partial charge in [0.05, 0.1) is 5.69 Å². The van der Waals surface area contributed by atoms with Gasteiger partial charge in [0.2, 0.25) is 0 Å². The van der Waals surface area contributed by atoms with Gasteiger partial charge in [0.1, 0.15) is 10.8 Å². The van der Waals surface area contributed by atoms with Gasteiger partial charge in [0.25, 0.3) is 0 Å². The summed E-state index contributed by atoms with van der Waals surface area (Å²) in [6.07, 6.45) is 0.931. The molecule has 0 bridgehead atoms. The maximum atomic E-state index is 14.0. The maximum Gasteiger partial charge on any atom is 0.147 e. The zero-order chi connectivity index (χ0) is 13.2. The lowest BCUT2D eigenvalue weighted by Crippen LogP contribution is -2.41. The first kappa shape index (κ1) is 13.9. The van der Waals surface area contributed by atoms with Crippen LogP contribution in [0.3, 0.4) is 0 Å². The number of thiocarbonyl (C=S) groups is 1. The number of rotatable bonds is 4. The van der Waals surface area contributed by atoms with Gasteiger partial charge in [-0.2, -0.15) is 0 Å². The van der Waals surface area contributed by atoms with Crippen molar-refractivity contribution in [3.05, 3.63) is 29.6 Å². The molecule has 0 aliphatic heterocycles. The Morgan fingerprint density at radius 1 is 1.47 bits per heavy atom. The van der Waals surface area contributed by atoms with Gasteiger partial charge in [0.15, 0.2) is 0 Å². The van der Waals surface area contributed by atoms with Gasteiger partial charge in [-0.3, -0.25) is 0 Å². The molecule has 0 heterocycles. The van der Waals surface area contributed by atoms with Crippen molar-refractivity contribution >= 4 is 22.9 Å². The van der Waals surface area contributed by atoms with Crippen LogP contribution < -0.4 is 10.6 Å². The molecule has 0 saturated heterocycles. The number of hydrogen-bond acceptors (Lipinski definition) is 2. The van der Waals surface area contributed by atoms with Crippen LogP contribution in [-0.2, 0) is 0 Å². The highest BCUT2D eigenvalue weighted by Gasteiger charge is 2.23. The van der Waals surface area contributed by atoms with Crippen molar-refractivity contribution in [1.82, 2.24) is 0 Å². The molecule has 0 atom stereocenters. The minimum Gasteiger partial charge on any atom is -0.389 e. The van der Waals surface area contributed by atoms with Crippen LogP contribution in [0.1, 0.15) is 32.8 Å². The van der Waals surface area contributed by atoms with Gasteiger partial charge in [0, 0.05) is 18.2 Å². The monoisotopic (exact) mass is 254 g/mol. The number of anilines is 1. The van der Waals surface area contributed by atoms with Gasteiger partial charge < -0.3 is 10.6 Å². The molecule has 0 aromatic heterocycles. The van der Waals surface area contributed by atoms with Crippen LogP contribution in [0.25, 0.3) is 0 Å². The van der Waals surface area contributed by atoms with Crippen LogP contribution in [0.5, 0.6) is 0 Å². The number of halogens is 1. The predicted molar refractivity (Wildman–Crippen MR) is 75.1 cm³/mol. The molecule has 94 valence electrons. The second-order valence-electron chi connectivity index (χ2n) is 4.76. The van der Waals surface area contributed by atoms with Crippen LogP contribution >= 0.6 is 12.2 Å². The van der Waals surface area contributed by atoms with Crippen molar-refractivity contribution in [3.8, 4) is 0 Å². The molecule has 0 unspecified atom stereocenters. The first-order chi connectivity index (χ1) is 7.79. The molecule has 2 nitrogen and oxygen atoms in total. The van der Waals surface area contributed by atoms with Gasteiger partial charge in [-0.25, -0.2) is 4.39 Å². The SMILES string of the molecule is CCC(C)(C)N(C)c1ccc(C(N)=S)cc1F. The first-order valence-corrected chi connectivity index (χ1v) is 6.03. The third-order valence-electron chi connectivity index (χ3n) is 3.37. The van der Waals surface area contributed by atoms with E-state index in [2.05, 4.69) is 20.8 Å². The molecule has 1 aromatic rings. The Morgan fingerprint density at radius 3 is 2.47 bits per heavy atom. The second kappa shape index (κ2) is 5.00. The molecule has 0 spiro atoms. The Hall–Kier alpha value is -1.16. The lowest BCUT2D eigenvalue weighted by molar-refractivity contribution is 0.462. The summed E-state index contributed by atoms with van der Waals surface area (Å²) in [6.45, 7) is 6.24. The predicted octanol–water partition coefficient (Wildman–Crippen LogP) is 3.08. The van der Waals surface area contributed by atoms with Crippen LogP contribution in [0.4, 0.5) is 10.1 Å². The molecule has 0 aliphatic rings. The van der Waals surface area contributed by atoms with E-state index in [0.717, 1.165) is 6.42 Å². The third-order valence-corrected chi connectivity index (χ3v) is 3.60. The zero-order valence-electron chi connectivity index (χ0n) is 10.7. The molecule has 0 radical (unpaired) electrons. The van der Waals surface area contributed by atoms with E-state index in [1.807, 2.05) is 11.9 Å². The summed E-state index contributed by atoms with van der Waals surface area (Å²) in [5.41, 5.74) is 6.51. The number of hydrogen-bond donors (Lipinski definition) is 1. The molecular weight excluding hydrogens is 235 g/mol. The zero-order valence-corrected chi connectivity index (χ0v) is 11.6. The van der Waals surface area contributed by atoms with Crippen LogP contribution in [0.2, 0.25) is 0 Å². The van der Waals surface area contributed by atoms with E-state index in [4.69, 9.17) is 18.0 Å². The highest BCUT2D eigenvalue weighted by molar-refractivity contribution is 7.80. The maximum absolute atomic E-state index is 14.0. The summed E-state index contributed by atoms with van der Waals surface area (Å²) < 4.78 is 14.0. The Bertz CT molecular complexity index is 429. The van der Waals surface area contributed by atoms with Gasteiger partial charge >= 0.3 is 0 Å². The molecule has 0 saturated carbocycles. The van der Waals surface area contributed by atoms with Crippen molar-refractivity contribution < 1.29 is 4.39 Å². The van der Waals surface area contributed by atoms with Gasteiger partial charge in [-0.1, -0.05) is 19.1 Å². The van der Waals surface area contributed by atoms with Crippen molar-refractivity contribution in [2.45, 2.75) is 32.7 Å². The fourth-order valence-corrected chi connectivity index (χ4v) is 1.62. The molecule has 0 aliphatic carbocycles. The van der Waals surface area contributed by atoms with E-state index < -0.39 is 0 Å². The smallest absolute Gasteiger partial charge is 0.147 e. The standard InChI is InChI=1S/C13H19FN2S/c1-5-13(2,3)16(4)11-7-6-9(12(15)17)8-10(11)14/h6-8H,5H2,1-4H3,(H2,15,17). The highest BCUT2D eigenvalue weighted by atomic mass is 32.1. The number of nitrogens with two attached hydrogens (primary N) is 1. The topological polar surface area (TPSA) is 29.3 Å². The van der Waals surface area contributed by atoms with E-state index in [1.54, 1.807) is 12.1 Å². The molecular formula is C13H19FN2S. The Morgan fingerprint density at radius 2 is 2.06 bits per heavy atom. The summed E-state index contributed by atoms with van der Waals surface area (Å²) in [7, 11) is 1.89. The molecule has 17 heavy (non-hydrogen) atoms. The van der Waals surface area contributed by atoms with Crippen molar-refractivity contribution in [1.29, 1.82) is 0 Å². The largest absolute Gasteiger partial charge is 0.389 e. The summed E-state index contributed by atoms with van der Waals surface area (Å²) in [5.74, 6) is -0.292. The van der Waals surface area contributed by atoms with Crippen LogP contribution in [0.15, 0.2) is 18.2 Å². The minimum atomic E-state index is -0.292. The lowest BCUT2D eigenvalue weighted by atomic mass is 9.99. The highest BCUT2D eigenvalue weighted by Crippen LogP contribution is 2.27. The Labute approximate surface area is 108 Å². The van der Waals surface area contributed by atoms with Gasteiger partial charge in [-0.15, -0.1) is 0 Å². The molecule has 2 N–H and O–H groups in total. The van der Waals surface area contributed by atoms with E-state index in [-0.39, 0.29) is 16.3 Å². The molecule has 1 rings (SSSR count). The Kier molecular flexibility index (Phi) is 4.09. The van der Waals surface area contributed by atoms with Crippen molar-refractivity contribution in [3.63, 3.8) is 0 Å². The number of benzene rings is 1. The normalized spacial score (nSPS) is 11.4. The summed E-state index contributed by atoms with van der Waals surface area (Å²) in [5, 5.41) is 0. The van der Waals surface area contributed by atoms with E-state index in [0.29, 0.717) is 11.3 Å². The van der Waals surface area contributed by atoms with E-state index >= 15 is 0 Å². The fourth-order valence-electron chi connectivity index (χ4n) is 1.50. The second-order valence-corrected chi connectivity index (χ2v) is 5.20. The molecule has 1 aromatic carbocycles. The fraction of sp³-hybridized carbons (Fsp3) is 0.462. The molecule has 0 fully saturated rings. The average Bonchev–Trinajstić information content (AvgIpc) is 2.27. The summed E-state index contributed by atoms with van der Waals surface area (Å²) in [4.78, 5) is 2.15. The molecule has 0 amide bonds. The third kappa shape index (κ3) is 2.94. The van der Waals surface area contributed by atoms with Crippen molar-refractivity contribution in [2.24, 2.45) is 5.73 Å². The van der Waals surface area contributed by atoms with E-state index in [9.17, 15) is 4.39 Å². The van der Waals surface area contributed by atoms with E-state index in [1.165, 1.54) is 6.07 Å². The van der Waals surface area contributed by atoms with Gasteiger partial charge in [-0.05, 0) is 38.5 Å².